The van der Waals surface area contributed by atoms with Gasteiger partial charge in [0.1, 0.15) is 0 Å². The minimum Gasteiger partial charge on any atom is -0.394 e. The van der Waals surface area contributed by atoms with Crippen LogP contribution < -0.4 is 0 Å². The molecule has 3 nitrogen and oxygen atoms in total. The SMILES string of the molecule is CN(C(=O)C(C)(C)C)C(C)(C)CO. The summed E-state index contributed by atoms with van der Waals surface area (Å²) in [6.07, 6.45) is 0. The highest BCUT2D eigenvalue weighted by Gasteiger charge is 2.33. The van der Waals surface area contributed by atoms with Crippen LogP contribution in [0, 0.1) is 5.41 Å². The first-order valence-electron chi connectivity index (χ1n) is 4.52. The van der Waals surface area contributed by atoms with Gasteiger partial charge in [-0.05, 0) is 13.8 Å². The highest BCUT2D eigenvalue weighted by molar-refractivity contribution is 5.81. The molecule has 78 valence electrons. The molecule has 0 unspecified atom stereocenters. The first kappa shape index (κ1) is 12.4. The fourth-order valence-corrected chi connectivity index (χ4v) is 0.884. The first-order valence-corrected chi connectivity index (χ1v) is 4.52. The molecule has 0 radical (unpaired) electrons. The number of aliphatic hydroxyl groups excluding tert-OH is 1. The molecule has 0 saturated carbocycles. The van der Waals surface area contributed by atoms with E-state index in [0.29, 0.717) is 0 Å². The molecule has 0 aromatic heterocycles. The van der Waals surface area contributed by atoms with Crippen molar-refractivity contribution in [2.75, 3.05) is 13.7 Å². The average Bonchev–Trinajstić information content (AvgIpc) is 2.00. The van der Waals surface area contributed by atoms with E-state index in [1.54, 1.807) is 11.9 Å². The second-order valence-corrected chi connectivity index (χ2v) is 5.08. The molecule has 0 fully saturated rings. The molecule has 0 spiro atoms. The van der Waals surface area contributed by atoms with Gasteiger partial charge in [0.2, 0.25) is 5.91 Å². The van der Waals surface area contributed by atoms with Crippen LogP contribution in [0.2, 0.25) is 0 Å². The molecule has 0 saturated heterocycles. The van der Waals surface area contributed by atoms with E-state index in [1.165, 1.54) is 0 Å². The summed E-state index contributed by atoms with van der Waals surface area (Å²) >= 11 is 0. The molecule has 3 heteroatoms. The maximum atomic E-state index is 11.8. The molecular formula is C10H21NO2. The lowest BCUT2D eigenvalue weighted by molar-refractivity contribution is -0.144. The summed E-state index contributed by atoms with van der Waals surface area (Å²) in [5.41, 5.74) is -0.869. The molecule has 0 aliphatic carbocycles. The Morgan fingerprint density at radius 2 is 1.62 bits per heavy atom. The van der Waals surface area contributed by atoms with Crippen LogP contribution in [0.15, 0.2) is 0 Å². The molecule has 0 aromatic rings. The number of nitrogens with zero attached hydrogens (tertiary/aromatic N) is 1. The number of carbonyl (C=O) groups is 1. The zero-order chi connectivity index (χ0) is 10.9. The Kier molecular flexibility index (Phi) is 3.50. The quantitative estimate of drug-likeness (QED) is 0.707. The molecule has 1 N–H and O–H groups in total. The van der Waals surface area contributed by atoms with E-state index in [9.17, 15) is 4.79 Å². The van der Waals surface area contributed by atoms with Crippen molar-refractivity contribution in [3.63, 3.8) is 0 Å². The van der Waals surface area contributed by atoms with Crippen LogP contribution >= 0.6 is 0 Å². The first-order chi connectivity index (χ1) is 5.63. The second kappa shape index (κ2) is 3.66. The topological polar surface area (TPSA) is 40.5 Å². The van der Waals surface area contributed by atoms with Gasteiger partial charge in [0.15, 0.2) is 0 Å². The fraction of sp³-hybridized carbons (Fsp3) is 0.900. The summed E-state index contributed by atoms with van der Waals surface area (Å²) in [5, 5.41) is 9.09. The van der Waals surface area contributed by atoms with Crippen LogP contribution in [-0.4, -0.2) is 35.1 Å². The summed E-state index contributed by atoms with van der Waals surface area (Å²) < 4.78 is 0. The third-order valence-electron chi connectivity index (χ3n) is 2.24. The van der Waals surface area contributed by atoms with Crippen molar-refractivity contribution < 1.29 is 9.90 Å². The van der Waals surface area contributed by atoms with Gasteiger partial charge in [-0.25, -0.2) is 0 Å². The number of aliphatic hydroxyl groups is 1. The Balaban J connectivity index is 4.62. The Morgan fingerprint density at radius 1 is 1.23 bits per heavy atom. The van der Waals surface area contributed by atoms with Crippen LogP contribution in [0.25, 0.3) is 0 Å². The Hall–Kier alpha value is -0.570. The van der Waals surface area contributed by atoms with E-state index < -0.39 is 5.54 Å². The molecule has 0 aliphatic rings. The lowest BCUT2D eigenvalue weighted by atomic mass is 9.92. The molecular weight excluding hydrogens is 166 g/mol. The van der Waals surface area contributed by atoms with Gasteiger partial charge in [0.25, 0.3) is 0 Å². The lowest BCUT2D eigenvalue weighted by Crippen LogP contribution is -2.51. The Labute approximate surface area is 80.7 Å². The van der Waals surface area contributed by atoms with Gasteiger partial charge in [-0.1, -0.05) is 20.8 Å². The molecule has 1 amide bonds. The van der Waals surface area contributed by atoms with Crippen molar-refractivity contribution >= 4 is 5.91 Å². The predicted octanol–water partition coefficient (Wildman–Crippen LogP) is 1.26. The van der Waals surface area contributed by atoms with E-state index in [-0.39, 0.29) is 17.9 Å². The van der Waals surface area contributed by atoms with Crippen LogP contribution in [-0.2, 0) is 4.79 Å². The maximum absolute atomic E-state index is 11.8. The Morgan fingerprint density at radius 3 is 1.85 bits per heavy atom. The van der Waals surface area contributed by atoms with E-state index in [2.05, 4.69) is 0 Å². The third-order valence-corrected chi connectivity index (χ3v) is 2.24. The number of amides is 1. The zero-order valence-corrected chi connectivity index (χ0v) is 9.51. The fourth-order valence-electron chi connectivity index (χ4n) is 0.884. The molecule has 0 heterocycles. The number of carbonyl (C=O) groups excluding carboxylic acids is 1. The van der Waals surface area contributed by atoms with Gasteiger partial charge in [-0.3, -0.25) is 4.79 Å². The smallest absolute Gasteiger partial charge is 0.228 e. The van der Waals surface area contributed by atoms with Gasteiger partial charge in [-0.15, -0.1) is 0 Å². The van der Waals surface area contributed by atoms with Crippen LogP contribution in [0.5, 0.6) is 0 Å². The van der Waals surface area contributed by atoms with Crippen molar-refractivity contribution in [2.45, 2.75) is 40.2 Å². The van der Waals surface area contributed by atoms with Gasteiger partial charge in [-0.2, -0.15) is 0 Å². The minimum absolute atomic E-state index is 0.0225. The monoisotopic (exact) mass is 187 g/mol. The van der Waals surface area contributed by atoms with Gasteiger partial charge >= 0.3 is 0 Å². The second-order valence-electron chi connectivity index (χ2n) is 5.08. The summed E-state index contributed by atoms with van der Waals surface area (Å²) in [6, 6.07) is 0. The van der Waals surface area contributed by atoms with Gasteiger partial charge in [0, 0.05) is 12.5 Å². The largest absolute Gasteiger partial charge is 0.394 e. The highest BCUT2D eigenvalue weighted by atomic mass is 16.3. The number of likely N-dealkylation sites (N-methyl/N-ethyl adjacent to an activating group) is 1. The predicted molar refractivity (Wildman–Crippen MR) is 53.4 cm³/mol. The van der Waals surface area contributed by atoms with Crippen LogP contribution in [0.4, 0.5) is 0 Å². The normalized spacial score (nSPS) is 12.8. The molecule has 13 heavy (non-hydrogen) atoms. The van der Waals surface area contributed by atoms with Crippen molar-refractivity contribution in [2.24, 2.45) is 5.41 Å². The molecule has 0 atom stereocenters. The Bertz CT molecular complexity index is 192. The van der Waals surface area contributed by atoms with Gasteiger partial charge in [0.05, 0.1) is 12.1 Å². The molecule has 0 aromatic carbocycles. The van der Waals surface area contributed by atoms with Crippen molar-refractivity contribution in [1.82, 2.24) is 4.90 Å². The summed E-state index contributed by atoms with van der Waals surface area (Å²) in [7, 11) is 1.73. The van der Waals surface area contributed by atoms with E-state index in [1.807, 2.05) is 34.6 Å². The lowest BCUT2D eigenvalue weighted by Gasteiger charge is -2.37. The van der Waals surface area contributed by atoms with Crippen molar-refractivity contribution in [3.8, 4) is 0 Å². The van der Waals surface area contributed by atoms with E-state index >= 15 is 0 Å². The summed E-state index contributed by atoms with van der Waals surface area (Å²) in [6.45, 7) is 9.29. The van der Waals surface area contributed by atoms with E-state index in [4.69, 9.17) is 5.11 Å². The number of hydrogen-bond donors (Lipinski definition) is 1. The average molecular weight is 187 g/mol. The number of hydrogen-bond acceptors (Lipinski definition) is 2. The van der Waals surface area contributed by atoms with Crippen molar-refractivity contribution in [3.05, 3.63) is 0 Å². The van der Waals surface area contributed by atoms with Crippen LogP contribution in [0.1, 0.15) is 34.6 Å². The summed E-state index contributed by atoms with van der Waals surface area (Å²) in [4.78, 5) is 13.4. The molecule has 0 aliphatic heterocycles. The van der Waals surface area contributed by atoms with E-state index in [0.717, 1.165) is 0 Å². The molecule has 0 rings (SSSR count). The van der Waals surface area contributed by atoms with Crippen molar-refractivity contribution in [1.29, 1.82) is 0 Å². The molecule has 0 bridgehead atoms. The minimum atomic E-state index is -0.482. The van der Waals surface area contributed by atoms with Gasteiger partial charge < -0.3 is 10.0 Å². The highest BCUT2D eigenvalue weighted by Crippen LogP contribution is 2.22. The zero-order valence-electron chi connectivity index (χ0n) is 9.51. The third kappa shape index (κ3) is 2.99. The number of rotatable bonds is 2. The standard InChI is InChI=1S/C10H21NO2/c1-9(2,3)8(13)11(6)10(4,5)7-12/h12H,7H2,1-6H3. The van der Waals surface area contributed by atoms with Crippen LogP contribution in [0.3, 0.4) is 0 Å². The maximum Gasteiger partial charge on any atom is 0.228 e. The summed E-state index contributed by atoms with van der Waals surface area (Å²) in [5.74, 6) is 0.0477.